The zero-order valence-corrected chi connectivity index (χ0v) is 11.5. The maximum Gasteiger partial charge on any atom is 0.245 e. The van der Waals surface area contributed by atoms with E-state index in [-0.39, 0.29) is 16.5 Å². The van der Waals surface area contributed by atoms with Crippen molar-refractivity contribution < 1.29 is 0 Å². The molecule has 0 saturated heterocycles. The van der Waals surface area contributed by atoms with Crippen molar-refractivity contribution in [2.75, 3.05) is 16.8 Å². The summed E-state index contributed by atoms with van der Waals surface area (Å²) in [6.45, 7) is 4.22. The second kappa shape index (κ2) is 7.14. The third kappa shape index (κ3) is 4.72. The molecule has 0 spiro atoms. The molecule has 4 nitrogen and oxygen atoms in total. The number of nitrogens with zero attached hydrogens (tertiary/aromatic N) is 3. The number of halogens is 2. The number of anilines is 1. The molecule has 7 heteroatoms. The van der Waals surface area contributed by atoms with Crippen LogP contribution in [-0.2, 0) is 0 Å². The van der Waals surface area contributed by atoms with Crippen molar-refractivity contribution in [3.05, 3.63) is 10.4 Å². The smallest absolute Gasteiger partial charge is 0.245 e. The molecular formula is C9H14Cl2N4S. The molecule has 1 rings (SSSR count). The van der Waals surface area contributed by atoms with E-state index >= 15 is 0 Å². The van der Waals surface area contributed by atoms with E-state index in [1.54, 1.807) is 0 Å². The largest absolute Gasteiger partial charge is 0.365 e. The highest BCUT2D eigenvalue weighted by Crippen LogP contribution is 2.18. The van der Waals surface area contributed by atoms with Gasteiger partial charge in [-0.05, 0) is 36.5 Å². The molecule has 0 aliphatic rings. The minimum absolute atomic E-state index is 0.0991. The highest BCUT2D eigenvalue weighted by atomic mass is 35.5. The third-order valence-corrected chi connectivity index (χ3v) is 3.25. The molecule has 0 amide bonds. The fraction of sp³-hybridized carbons (Fsp3) is 0.667. The van der Waals surface area contributed by atoms with E-state index in [1.807, 2.05) is 11.8 Å². The van der Waals surface area contributed by atoms with Gasteiger partial charge in [0.15, 0.2) is 11.0 Å². The molecule has 0 fully saturated rings. The summed E-state index contributed by atoms with van der Waals surface area (Å²) in [4.78, 5) is 3.98. The molecule has 0 radical (unpaired) electrons. The van der Waals surface area contributed by atoms with Crippen LogP contribution in [0.25, 0.3) is 0 Å². The number of hydrogen-bond acceptors (Lipinski definition) is 5. The first-order chi connectivity index (χ1) is 7.63. The average Bonchev–Trinajstić information content (AvgIpc) is 2.24. The van der Waals surface area contributed by atoms with Crippen molar-refractivity contribution in [1.29, 1.82) is 0 Å². The standard InChI is InChI=1S/C9H14Cl2N4S/c1-3-16-5-4-6(2)12-8-7(10)14-15-9(11)13-8/h6H,3-5H2,1-2H3,(H,12,13,15). The van der Waals surface area contributed by atoms with Gasteiger partial charge in [0.2, 0.25) is 5.28 Å². The first-order valence-electron chi connectivity index (χ1n) is 5.03. The lowest BCUT2D eigenvalue weighted by molar-refractivity contribution is 0.762. The van der Waals surface area contributed by atoms with Crippen molar-refractivity contribution in [2.24, 2.45) is 0 Å². The SMILES string of the molecule is CCSCCC(C)Nc1nc(Cl)nnc1Cl. The Hall–Kier alpha value is -0.260. The van der Waals surface area contributed by atoms with Gasteiger partial charge in [-0.1, -0.05) is 18.5 Å². The van der Waals surface area contributed by atoms with Crippen LogP contribution < -0.4 is 5.32 Å². The van der Waals surface area contributed by atoms with Gasteiger partial charge in [-0.3, -0.25) is 0 Å². The molecular weight excluding hydrogens is 267 g/mol. The predicted octanol–water partition coefficient (Wildman–Crippen LogP) is 3.12. The van der Waals surface area contributed by atoms with Crippen LogP contribution in [0.5, 0.6) is 0 Å². The fourth-order valence-electron chi connectivity index (χ4n) is 1.10. The van der Waals surface area contributed by atoms with Crippen LogP contribution in [0.1, 0.15) is 20.3 Å². The Kier molecular flexibility index (Phi) is 6.16. The molecule has 1 heterocycles. The van der Waals surface area contributed by atoms with Crippen molar-refractivity contribution in [3.8, 4) is 0 Å². The van der Waals surface area contributed by atoms with Crippen molar-refractivity contribution >= 4 is 40.8 Å². The lowest BCUT2D eigenvalue weighted by Crippen LogP contribution is -2.17. The molecule has 1 atom stereocenters. The first kappa shape index (κ1) is 13.8. The van der Waals surface area contributed by atoms with Crippen LogP contribution >= 0.6 is 35.0 Å². The Morgan fingerprint density at radius 2 is 2.12 bits per heavy atom. The van der Waals surface area contributed by atoms with Crippen LogP contribution in [0.4, 0.5) is 5.82 Å². The van der Waals surface area contributed by atoms with Crippen LogP contribution in [0, 0.1) is 0 Å². The molecule has 0 aromatic carbocycles. The summed E-state index contributed by atoms with van der Waals surface area (Å²) < 4.78 is 0. The number of hydrogen-bond donors (Lipinski definition) is 1. The zero-order chi connectivity index (χ0) is 12.0. The lowest BCUT2D eigenvalue weighted by Gasteiger charge is -2.14. The maximum atomic E-state index is 5.84. The zero-order valence-electron chi connectivity index (χ0n) is 9.20. The van der Waals surface area contributed by atoms with Crippen LogP contribution in [0.3, 0.4) is 0 Å². The molecule has 16 heavy (non-hydrogen) atoms. The van der Waals surface area contributed by atoms with E-state index in [1.165, 1.54) is 0 Å². The molecule has 1 aromatic rings. The maximum absolute atomic E-state index is 5.84. The van der Waals surface area contributed by atoms with E-state index in [2.05, 4.69) is 34.3 Å². The Labute approximate surface area is 110 Å². The number of rotatable bonds is 6. The molecule has 0 bridgehead atoms. The minimum Gasteiger partial charge on any atom is -0.365 e. The molecule has 90 valence electrons. The first-order valence-corrected chi connectivity index (χ1v) is 6.94. The number of nitrogens with one attached hydrogen (secondary N) is 1. The Balaban J connectivity index is 2.48. The Bertz CT molecular complexity index is 337. The topological polar surface area (TPSA) is 50.7 Å². The van der Waals surface area contributed by atoms with E-state index in [0.29, 0.717) is 5.82 Å². The second-order valence-electron chi connectivity index (χ2n) is 3.25. The van der Waals surface area contributed by atoms with Crippen LogP contribution in [0.15, 0.2) is 0 Å². The quantitative estimate of drug-likeness (QED) is 0.812. The van der Waals surface area contributed by atoms with E-state index < -0.39 is 0 Å². The summed E-state index contributed by atoms with van der Waals surface area (Å²) in [5.74, 6) is 2.73. The van der Waals surface area contributed by atoms with Gasteiger partial charge < -0.3 is 5.32 Å². The molecule has 1 aromatic heterocycles. The van der Waals surface area contributed by atoms with Gasteiger partial charge in [-0.25, -0.2) is 0 Å². The number of thioether (sulfide) groups is 1. The average molecular weight is 281 g/mol. The van der Waals surface area contributed by atoms with Crippen molar-refractivity contribution in [2.45, 2.75) is 26.3 Å². The van der Waals surface area contributed by atoms with Crippen molar-refractivity contribution in [1.82, 2.24) is 15.2 Å². The minimum atomic E-state index is 0.0991. The van der Waals surface area contributed by atoms with Gasteiger partial charge in [0, 0.05) is 6.04 Å². The van der Waals surface area contributed by atoms with Gasteiger partial charge in [-0.2, -0.15) is 16.7 Å². The van der Waals surface area contributed by atoms with Gasteiger partial charge in [0.1, 0.15) is 0 Å². The highest BCUT2D eigenvalue weighted by Gasteiger charge is 2.09. The van der Waals surface area contributed by atoms with E-state index in [0.717, 1.165) is 17.9 Å². The number of aromatic nitrogens is 3. The van der Waals surface area contributed by atoms with Crippen LogP contribution in [0.2, 0.25) is 10.4 Å². The molecule has 1 N–H and O–H groups in total. The summed E-state index contributed by atoms with van der Waals surface area (Å²) in [5.41, 5.74) is 0. The Morgan fingerprint density at radius 1 is 1.38 bits per heavy atom. The molecule has 1 unspecified atom stereocenters. The summed E-state index contributed by atoms with van der Waals surface area (Å²) in [7, 11) is 0. The van der Waals surface area contributed by atoms with Crippen molar-refractivity contribution in [3.63, 3.8) is 0 Å². The van der Waals surface area contributed by atoms with E-state index in [9.17, 15) is 0 Å². The van der Waals surface area contributed by atoms with E-state index in [4.69, 9.17) is 23.2 Å². The Morgan fingerprint density at radius 3 is 2.81 bits per heavy atom. The lowest BCUT2D eigenvalue weighted by atomic mass is 10.2. The fourth-order valence-corrected chi connectivity index (χ4v) is 2.16. The van der Waals surface area contributed by atoms with Crippen LogP contribution in [-0.4, -0.2) is 32.7 Å². The third-order valence-electron chi connectivity index (χ3n) is 1.90. The normalized spacial score (nSPS) is 12.5. The van der Waals surface area contributed by atoms with Gasteiger partial charge in [-0.15, -0.1) is 10.2 Å². The predicted molar refractivity (Wildman–Crippen MR) is 70.5 cm³/mol. The van der Waals surface area contributed by atoms with Gasteiger partial charge in [0.25, 0.3) is 0 Å². The molecule has 0 aliphatic carbocycles. The highest BCUT2D eigenvalue weighted by molar-refractivity contribution is 7.99. The van der Waals surface area contributed by atoms with Gasteiger partial charge in [0.05, 0.1) is 0 Å². The summed E-state index contributed by atoms with van der Waals surface area (Å²) >= 11 is 13.4. The van der Waals surface area contributed by atoms with Gasteiger partial charge >= 0.3 is 0 Å². The molecule has 0 saturated carbocycles. The molecule has 0 aliphatic heterocycles. The summed E-state index contributed by atoms with van der Waals surface area (Å²) in [6.07, 6.45) is 1.04. The second-order valence-corrected chi connectivity index (χ2v) is 5.34. The monoisotopic (exact) mass is 280 g/mol. The summed E-state index contributed by atoms with van der Waals surface area (Å²) in [5, 5.41) is 10.7. The summed E-state index contributed by atoms with van der Waals surface area (Å²) in [6, 6.07) is 0.282.